The molecule has 1 heterocycles. The number of carbonyl (C=O) groups excluding carboxylic acids is 1. The molecule has 0 atom stereocenters. The summed E-state index contributed by atoms with van der Waals surface area (Å²) >= 11 is 0. The molecule has 7 heteroatoms. The van der Waals surface area contributed by atoms with Gasteiger partial charge in [0.2, 0.25) is 0 Å². The number of hydrogen-bond donors (Lipinski definition) is 2. The maximum atomic E-state index is 12.7. The van der Waals surface area contributed by atoms with Gasteiger partial charge >= 0.3 is 11.7 Å². The van der Waals surface area contributed by atoms with E-state index in [1.54, 1.807) is 4.57 Å². The van der Waals surface area contributed by atoms with Gasteiger partial charge in [-0.2, -0.15) is 0 Å². The molecule has 1 saturated carbocycles. The Kier molecular flexibility index (Phi) is 4.65. The zero-order valence-electron chi connectivity index (χ0n) is 15.0. The van der Waals surface area contributed by atoms with E-state index in [2.05, 4.69) is 15.7 Å². The first kappa shape index (κ1) is 17.3. The summed E-state index contributed by atoms with van der Waals surface area (Å²) in [6.45, 7) is 6.44. The van der Waals surface area contributed by atoms with Crippen molar-refractivity contribution in [3.8, 4) is 11.4 Å². The van der Waals surface area contributed by atoms with Crippen LogP contribution < -0.4 is 16.3 Å². The van der Waals surface area contributed by atoms with Gasteiger partial charge in [-0.15, -0.1) is 5.10 Å². The molecule has 0 radical (unpaired) electrons. The maximum absolute atomic E-state index is 12.7. The van der Waals surface area contributed by atoms with Gasteiger partial charge in [0, 0.05) is 23.7 Å². The number of nitrogens with zero attached hydrogens (tertiary/aromatic N) is 3. The summed E-state index contributed by atoms with van der Waals surface area (Å²) in [5.41, 5.74) is 0.526. The van der Waals surface area contributed by atoms with Gasteiger partial charge in [0.05, 0.1) is 6.54 Å². The molecule has 0 bridgehead atoms. The van der Waals surface area contributed by atoms with Crippen LogP contribution in [0.2, 0.25) is 0 Å². The van der Waals surface area contributed by atoms with Gasteiger partial charge < -0.3 is 10.6 Å². The monoisotopic (exact) mass is 343 g/mol. The van der Waals surface area contributed by atoms with Crippen molar-refractivity contribution < 1.29 is 4.79 Å². The van der Waals surface area contributed by atoms with E-state index in [1.807, 2.05) is 51.1 Å². The number of hydrogen-bond acceptors (Lipinski definition) is 3. The molecule has 134 valence electrons. The van der Waals surface area contributed by atoms with Crippen LogP contribution in [0.25, 0.3) is 11.4 Å². The molecule has 1 aliphatic carbocycles. The number of aromatic nitrogens is 3. The topological polar surface area (TPSA) is 81.0 Å². The normalized spacial score (nSPS) is 14.4. The number of amides is 2. The number of nitrogens with one attached hydrogen (secondary N) is 2. The van der Waals surface area contributed by atoms with Gasteiger partial charge in [-0.05, 0) is 33.6 Å². The van der Waals surface area contributed by atoms with Crippen LogP contribution in [0.3, 0.4) is 0 Å². The Morgan fingerprint density at radius 1 is 1.24 bits per heavy atom. The van der Waals surface area contributed by atoms with E-state index < -0.39 is 0 Å². The van der Waals surface area contributed by atoms with Gasteiger partial charge in [-0.3, -0.25) is 4.57 Å². The van der Waals surface area contributed by atoms with E-state index in [4.69, 9.17) is 0 Å². The van der Waals surface area contributed by atoms with Crippen LogP contribution in [0.5, 0.6) is 0 Å². The Morgan fingerprint density at radius 2 is 1.92 bits per heavy atom. The molecule has 2 N–H and O–H groups in total. The molecular formula is C18H25N5O2. The first-order valence-electron chi connectivity index (χ1n) is 8.66. The summed E-state index contributed by atoms with van der Waals surface area (Å²) in [4.78, 5) is 24.5. The summed E-state index contributed by atoms with van der Waals surface area (Å²) in [6.07, 6.45) is 2.02. The smallest absolute Gasteiger partial charge is 0.336 e. The van der Waals surface area contributed by atoms with Gasteiger partial charge in [-0.1, -0.05) is 30.3 Å². The highest BCUT2D eigenvalue weighted by Crippen LogP contribution is 2.36. The average Bonchev–Trinajstić information content (AvgIpc) is 3.31. The first-order chi connectivity index (χ1) is 11.8. The van der Waals surface area contributed by atoms with E-state index in [0.29, 0.717) is 18.9 Å². The Balaban J connectivity index is 1.73. The molecule has 2 aromatic rings. The van der Waals surface area contributed by atoms with Crippen molar-refractivity contribution in [3.63, 3.8) is 0 Å². The van der Waals surface area contributed by atoms with Crippen LogP contribution in [0.4, 0.5) is 4.79 Å². The molecule has 1 aromatic heterocycles. The molecule has 3 rings (SSSR count). The second-order valence-electron chi connectivity index (χ2n) is 7.43. The quantitative estimate of drug-likeness (QED) is 0.873. The molecule has 7 nitrogen and oxygen atoms in total. The third-order valence-corrected chi connectivity index (χ3v) is 3.91. The Bertz CT molecular complexity index is 797. The zero-order valence-corrected chi connectivity index (χ0v) is 15.0. The number of benzene rings is 1. The molecule has 25 heavy (non-hydrogen) atoms. The first-order valence-corrected chi connectivity index (χ1v) is 8.66. The van der Waals surface area contributed by atoms with Gasteiger partial charge in [-0.25, -0.2) is 14.3 Å². The van der Waals surface area contributed by atoms with Crippen molar-refractivity contribution in [3.05, 3.63) is 40.8 Å². The Hall–Kier alpha value is -2.57. The standard InChI is InChI=1S/C18H25N5O2/c1-18(2,3)20-16(24)19-11-12-22-17(25)23(14-9-10-14)15(21-22)13-7-5-4-6-8-13/h4-8,14H,9-12H2,1-3H3,(H2,19,20,24). The highest BCUT2D eigenvalue weighted by Gasteiger charge is 2.30. The lowest BCUT2D eigenvalue weighted by atomic mass is 10.1. The van der Waals surface area contributed by atoms with Crippen LogP contribution >= 0.6 is 0 Å². The Labute approximate surface area is 147 Å². The van der Waals surface area contributed by atoms with Crippen molar-refractivity contribution in [2.75, 3.05) is 6.54 Å². The number of carbonyl (C=O) groups is 1. The van der Waals surface area contributed by atoms with Crippen molar-refractivity contribution in [1.29, 1.82) is 0 Å². The predicted octanol–water partition coefficient (Wildman–Crippen LogP) is 2.14. The molecule has 0 spiro atoms. The number of urea groups is 1. The minimum atomic E-state index is -0.297. The SMILES string of the molecule is CC(C)(C)NC(=O)NCCn1nc(-c2ccccc2)n(C2CC2)c1=O. The third kappa shape index (κ3) is 4.29. The van der Waals surface area contributed by atoms with Crippen molar-refractivity contribution >= 4 is 6.03 Å². The molecule has 1 aliphatic rings. The summed E-state index contributed by atoms with van der Waals surface area (Å²) in [7, 11) is 0. The van der Waals surface area contributed by atoms with Crippen molar-refractivity contribution in [1.82, 2.24) is 25.0 Å². The summed E-state index contributed by atoms with van der Waals surface area (Å²) in [5, 5.41) is 10.1. The highest BCUT2D eigenvalue weighted by molar-refractivity contribution is 5.74. The molecule has 1 aromatic carbocycles. The van der Waals surface area contributed by atoms with Crippen LogP contribution in [0, 0.1) is 0 Å². The van der Waals surface area contributed by atoms with Gasteiger partial charge in [0.15, 0.2) is 5.82 Å². The van der Waals surface area contributed by atoms with E-state index >= 15 is 0 Å². The lowest BCUT2D eigenvalue weighted by molar-refractivity contribution is 0.231. The predicted molar refractivity (Wildman–Crippen MR) is 96.5 cm³/mol. The lowest BCUT2D eigenvalue weighted by Crippen LogP contribution is -2.47. The minimum absolute atomic E-state index is 0.112. The van der Waals surface area contributed by atoms with E-state index in [9.17, 15) is 9.59 Å². The second-order valence-corrected chi connectivity index (χ2v) is 7.43. The fourth-order valence-corrected chi connectivity index (χ4v) is 2.67. The van der Waals surface area contributed by atoms with E-state index in [0.717, 1.165) is 18.4 Å². The van der Waals surface area contributed by atoms with Crippen molar-refractivity contribution in [2.45, 2.75) is 51.7 Å². The molecule has 1 fully saturated rings. The molecule has 0 saturated heterocycles. The minimum Gasteiger partial charge on any atom is -0.336 e. The highest BCUT2D eigenvalue weighted by atomic mass is 16.2. The van der Waals surface area contributed by atoms with Crippen molar-refractivity contribution in [2.24, 2.45) is 0 Å². The largest absolute Gasteiger partial charge is 0.346 e. The molecule has 0 unspecified atom stereocenters. The Morgan fingerprint density at radius 3 is 2.52 bits per heavy atom. The fraction of sp³-hybridized carbons (Fsp3) is 0.500. The van der Waals surface area contributed by atoms with Crippen LogP contribution in [0.1, 0.15) is 39.7 Å². The van der Waals surface area contributed by atoms with E-state index in [-0.39, 0.29) is 23.3 Å². The lowest BCUT2D eigenvalue weighted by Gasteiger charge is -2.20. The number of rotatable bonds is 5. The summed E-state index contributed by atoms with van der Waals surface area (Å²) in [6, 6.07) is 9.74. The maximum Gasteiger partial charge on any atom is 0.346 e. The molecular weight excluding hydrogens is 318 g/mol. The van der Waals surface area contributed by atoms with Crippen LogP contribution in [-0.2, 0) is 6.54 Å². The summed E-state index contributed by atoms with van der Waals surface area (Å²) < 4.78 is 3.22. The third-order valence-electron chi connectivity index (χ3n) is 3.91. The van der Waals surface area contributed by atoms with Crippen LogP contribution in [-0.4, -0.2) is 32.5 Å². The zero-order chi connectivity index (χ0) is 18.0. The van der Waals surface area contributed by atoms with Gasteiger partial charge in [0.25, 0.3) is 0 Å². The van der Waals surface area contributed by atoms with Gasteiger partial charge in [0.1, 0.15) is 0 Å². The molecule has 2 amide bonds. The average molecular weight is 343 g/mol. The van der Waals surface area contributed by atoms with E-state index in [1.165, 1.54) is 4.68 Å². The molecule has 0 aliphatic heterocycles. The summed E-state index contributed by atoms with van der Waals surface area (Å²) in [5.74, 6) is 0.701. The van der Waals surface area contributed by atoms with Crippen LogP contribution in [0.15, 0.2) is 35.1 Å². The second kappa shape index (κ2) is 6.74. The fourth-order valence-electron chi connectivity index (χ4n) is 2.67.